The van der Waals surface area contributed by atoms with Gasteiger partial charge in [-0.25, -0.2) is 4.79 Å². The molecule has 18 heavy (non-hydrogen) atoms. The fourth-order valence-electron chi connectivity index (χ4n) is 2.37. The number of methoxy groups -OCH3 is 1. The van der Waals surface area contributed by atoms with Crippen LogP contribution in [0.5, 0.6) is 0 Å². The Morgan fingerprint density at radius 3 is 2.44 bits per heavy atom. The molecular weight excluding hydrogens is 230 g/mol. The second kappa shape index (κ2) is 5.57. The molecule has 4 nitrogen and oxygen atoms in total. The number of ether oxygens (including phenoxy) is 2. The van der Waals surface area contributed by atoms with Gasteiger partial charge in [0.2, 0.25) is 0 Å². The van der Waals surface area contributed by atoms with E-state index in [1.54, 1.807) is 0 Å². The topological polar surface area (TPSA) is 47.6 Å². The lowest BCUT2D eigenvalue weighted by Gasteiger charge is -2.32. The van der Waals surface area contributed by atoms with Gasteiger partial charge in [-0.1, -0.05) is 13.8 Å². The van der Waals surface area contributed by atoms with Crippen LogP contribution in [0.1, 0.15) is 39.5 Å². The minimum Gasteiger partial charge on any atom is -0.468 e. The molecule has 104 valence electrons. The van der Waals surface area contributed by atoms with Crippen LogP contribution in [0.3, 0.4) is 0 Å². The molecule has 0 aromatic rings. The van der Waals surface area contributed by atoms with Gasteiger partial charge in [-0.3, -0.25) is 5.32 Å². The predicted octanol–water partition coefficient (Wildman–Crippen LogP) is 1.73. The van der Waals surface area contributed by atoms with E-state index in [0.29, 0.717) is 31.1 Å². The molecule has 1 unspecified atom stereocenters. The number of hydrogen-bond acceptors (Lipinski definition) is 4. The molecule has 0 saturated heterocycles. The summed E-state index contributed by atoms with van der Waals surface area (Å²) in [5.74, 6) is 0.721. The van der Waals surface area contributed by atoms with Crippen LogP contribution < -0.4 is 5.32 Å². The first-order valence-electron chi connectivity index (χ1n) is 7.02. The van der Waals surface area contributed by atoms with Crippen LogP contribution in [0, 0.1) is 11.8 Å². The van der Waals surface area contributed by atoms with E-state index in [1.807, 2.05) is 0 Å². The predicted molar refractivity (Wildman–Crippen MR) is 69.3 cm³/mol. The number of rotatable bonds is 8. The summed E-state index contributed by atoms with van der Waals surface area (Å²) >= 11 is 0. The molecule has 2 aliphatic carbocycles. The fraction of sp³-hybridized carbons (Fsp3) is 0.929. The second-order valence-corrected chi connectivity index (χ2v) is 6.06. The van der Waals surface area contributed by atoms with Crippen molar-refractivity contribution in [1.29, 1.82) is 0 Å². The summed E-state index contributed by atoms with van der Waals surface area (Å²) in [6, 6.07) is 0.479. The van der Waals surface area contributed by atoms with E-state index in [9.17, 15) is 4.79 Å². The van der Waals surface area contributed by atoms with Crippen LogP contribution in [-0.2, 0) is 14.3 Å². The maximum absolute atomic E-state index is 12.2. The minimum absolute atomic E-state index is 0.152. The Bertz CT molecular complexity index is 297. The van der Waals surface area contributed by atoms with Crippen molar-refractivity contribution in [2.45, 2.75) is 51.1 Å². The summed E-state index contributed by atoms with van der Waals surface area (Å²) in [7, 11) is 1.47. The highest BCUT2D eigenvalue weighted by atomic mass is 16.5. The van der Waals surface area contributed by atoms with E-state index < -0.39 is 5.54 Å². The van der Waals surface area contributed by atoms with Crippen molar-refractivity contribution in [3.63, 3.8) is 0 Å². The summed E-state index contributed by atoms with van der Waals surface area (Å²) in [6.45, 7) is 5.37. The molecule has 4 heteroatoms. The molecule has 0 aromatic carbocycles. The molecule has 2 aliphatic rings. The third-order valence-electron chi connectivity index (χ3n) is 3.64. The lowest BCUT2D eigenvalue weighted by Crippen LogP contribution is -2.59. The van der Waals surface area contributed by atoms with Crippen LogP contribution >= 0.6 is 0 Å². The largest absolute Gasteiger partial charge is 0.468 e. The van der Waals surface area contributed by atoms with Gasteiger partial charge in [0, 0.05) is 12.6 Å². The molecule has 0 bridgehead atoms. The van der Waals surface area contributed by atoms with E-state index in [1.165, 1.54) is 7.11 Å². The van der Waals surface area contributed by atoms with Crippen LogP contribution in [0.15, 0.2) is 0 Å². The number of carbonyl (C=O) groups is 1. The maximum Gasteiger partial charge on any atom is 0.328 e. The Hall–Kier alpha value is -0.610. The summed E-state index contributed by atoms with van der Waals surface area (Å²) in [5.41, 5.74) is -0.592. The molecule has 2 saturated carbocycles. The Balaban J connectivity index is 2.00. The lowest BCUT2D eigenvalue weighted by atomic mass is 9.93. The molecule has 2 fully saturated rings. The third kappa shape index (κ3) is 3.23. The molecular formula is C14H25NO3. The van der Waals surface area contributed by atoms with Gasteiger partial charge in [-0.05, 0) is 37.5 Å². The van der Waals surface area contributed by atoms with E-state index in [4.69, 9.17) is 9.47 Å². The molecule has 0 aromatic heterocycles. The normalized spacial score (nSPS) is 22.9. The average Bonchev–Trinajstić information content (AvgIpc) is 3.17. The SMILES string of the molecule is COC(=O)C(COCC(C)C)(NC1CC1)C1CC1. The highest BCUT2D eigenvalue weighted by Crippen LogP contribution is 2.42. The van der Waals surface area contributed by atoms with Crippen molar-refractivity contribution in [3.05, 3.63) is 0 Å². The Kier molecular flexibility index (Phi) is 4.28. The van der Waals surface area contributed by atoms with Crippen molar-refractivity contribution in [2.24, 2.45) is 11.8 Å². The van der Waals surface area contributed by atoms with Gasteiger partial charge in [0.05, 0.1) is 13.7 Å². The zero-order valence-corrected chi connectivity index (χ0v) is 11.7. The highest BCUT2D eigenvalue weighted by molar-refractivity contribution is 5.82. The van der Waals surface area contributed by atoms with E-state index >= 15 is 0 Å². The number of esters is 1. The van der Waals surface area contributed by atoms with Crippen LogP contribution in [-0.4, -0.2) is 37.9 Å². The van der Waals surface area contributed by atoms with Crippen molar-refractivity contribution >= 4 is 5.97 Å². The van der Waals surface area contributed by atoms with Gasteiger partial charge >= 0.3 is 5.97 Å². The Morgan fingerprint density at radius 2 is 2.00 bits per heavy atom. The summed E-state index contributed by atoms with van der Waals surface area (Å²) in [5, 5.41) is 3.49. The van der Waals surface area contributed by atoms with Gasteiger partial charge in [-0.2, -0.15) is 0 Å². The molecule has 0 spiro atoms. The third-order valence-corrected chi connectivity index (χ3v) is 3.64. The number of hydrogen-bond donors (Lipinski definition) is 1. The zero-order valence-electron chi connectivity index (χ0n) is 11.7. The lowest BCUT2D eigenvalue weighted by molar-refractivity contribution is -0.153. The van der Waals surface area contributed by atoms with Crippen LogP contribution in [0.2, 0.25) is 0 Å². The summed E-state index contributed by atoms with van der Waals surface area (Å²) in [4.78, 5) is 12.2. The van der Waals surface area contributed by atoms with Crippen molar-refractivity contribution in [1.82, 2.24) is 5.32 Å². The molecule has 1 atom stereocenters. The van der Waals surface area contributed by atoms with Gasteiger partial charge in [0.1, 0.15) is 5.54 Å². The Labute approximate surface area is 109 Å². The standard InChI is InChI=1S/C14H25NO3/c1-10(2)8-18-9-14(11-4-5-11,13(16)17-3)15-12-6-7-12/h10-12,15H,4-9H2,1-3H3. The molecule has 2 rings (SSSR count). The fourth-order valence-corrected chi connectivity index (χ4v) is 2.37. The van der Waals surface area contributed by atoms with Gasteiger partial charge in [0.15, 0.2) is 0 Å². The highest BCUT2D eigenvalue weighted by Gasteiger charge is 2.54. The quantitative estimate of drug-likeness (QED) is 0.671. The van der Waals surface area contributed by atoms with Crippen molar-refractivity contribution in [3.8, 4) is 0 Å². The van der Waals surface area contributed by atoms with E-state index in [0.717, 1.165) is 25.7 Å². The summed E-state index contributed by atoms with van der Waals surface area (Å²) in [6.07, 6.45) is 4.52. The molecule has 1 N–H and O–H groups in total. The van der Waals surface area contributed by atoms with Gasteiger partial charge in [0.25, 0.3) is 0 Å². The summed E-state index contributed by atoms with van der Waals surface area (Å²) < 4.78 is 10.8. The smallest absolute Gasteiger partial charge is 0.328 e. The van der Waals surface area contributed by atoms with Crippen LogP contribution in [0.25, 0.3) is 0 Å². The monoisotopic (exact) mass is 255 g/mol. The molecule has 0 amide bonds. The number of carbonyl (C=O) groups excluding carboxylic acids is 1. The van der Waals surface area contributed by atoms with Gasteiger partial charge in [-0.15, -0.1) is 0 Å². The zero-order chi connectivity index (χ0) is 13.2. The average molecular weight is 255 g/mol. The van der Waals surface area contributed by atoms with Crippen LogP contribution in [0.4, 0.5) is 0 Å². The maximum atomic E-state index is 12.2. The van der Waals surface area contributed by atoms with Crippen molar-refractivity contribution in [2.75, 3.05) is 20.3 Å². The van der Waals surface area contributed by atoms with E-state index in [2.05, 4.69) is 19.2 Å². The molecule has 0 radical (unpaired) electrons. The first-order chi connectivity index (χ1) is 8.58. The molecule has 0 aliphatic heterocycles. The van der Waals surface area contributed by atoms with E-state index in [-0.39, 0.29) is 5.97 Å². The molecule has 0 heterocycles. The minimum atomic E-state index is -0.592. The first-order valence-corrected chi connectivity index (χ1v) is 7.02. The Morgan fingerprint density at radius 1 is 1.33 bits per heavy atom. The number of nitrogens with one attached hydrogen (secondary N) is 1. The second-order valence-electron chi connectivity index (χ2n) is 6.06. The first kappa shape index (κ1) is 13.8. The van der Waals surface area contributed by atoms with Crippen molar-refractivity contribution < 1.29 is 14.3 Å². The van der Waals surface area contributed by atoms with Gasteiger partial charge < -0.3 is 9.47 Å².